The number of hydrogen-bond acceptors (Lipinski definition) is 9. The Morgan fingerprint density at radius 3 is 2.39 bits per heavy atom. The van der Waals surface area contributed by atoms with E-state index >= 15 is 0 Å². The van der Waals surface area contributed by atoms with Crippen molar-refractivity contribution in [2.45, 2.75) is 66.1 Å². The van der Waals surface area contributed by atoms with E-state index in [0.717, 1.165) is 11.1 Å². The Bertz CT molecular complexity index is 1240. The number of ketones is 2. The van der Waals surface area contributed by atoms with Gasteiger partial charge in [0.05, 0.1) is 32.0 Å². The van der Waals surface area contributed by atoms with Crippen molar-refractivity contribution in [3.05, 3.63) is 35.8 Å². The van der Waals surface area contributed by atoms with E-state index in [2.05, 4.69) is 6.92 Å². The van der Waals surface area contributed by atoms with Crippen LogP contribution in [0.4, 0.5) is 0 Å². The van der Waals surface area contributed by atoms with Gasteiger partial charge in [0.25, 0.3) is 0 Å². The van der Waals surface area contributed by atoms with Gasteiger partial charge in [-0.15, -0.1) is 0 Å². The van der Waals surface area contributed by atoms with Crippen molar-refractivity contribution < 1.29 is 42.6 Å². The molecule has 4 aliphatic rings. The second kappa shape index (κ2) is 8.64. The molecule has 0 aromatic carbocycles. The van der Waals surface area contributed by atoms with E-state index in [1.54, 1.807) is 45.4 Å². The molecule has 1 aliphatic heterocycles. The van der Waals surface area contributed by atoms with E-state index in [-0.39, 0.29) is 35.8 Å². The number of Topliss-reactive ketones (excluding diaryl/α,β-unsaturated/α-hetero) is 2. The Balaban J connectivity index is 1.67. The Hall–Kier alpha value is -3.23. The molecule has 3 aliphatic carbocycles. The highest BCUT2D eigenvalue weighted by molar-refractivity contribution is 6.13. The molecule has 1 saturated heterocycles. The molecule has 0 unspecified atom stereocenters. The van der Waals surface area contributed by atoms with Crippen LogP contribution >= 0.6 is 0 Å². The van der Waals surface area contributed by atoms with E-state index in [9.17, 15) is 24.0 Å². The number of fused-ring (bicyclic) bond motifs is 6. The van der Waals surface area contributed by atoms with Crippen LogP contribution in [0.25, 0.3) is 0 Å². The molecular formula is C29H34O9. The van der Waals surface area contributed by atoms with Crippen molar-refractivity contribution in [2.24, 2.45) is 39.9 Å². The highest BCUT2D eigenvalue weighted by Crippen LogP contribution is 2.67. The number of ether oxygens (including phenoxy) is 3. The van der Waals surface area contributed by atoms with Crippen LogP contribution < -0.4 is 0 Å². The number of hydrogen-bond donors (Lipinski definition) is 0. The largest absolute Gasteiger partial charge is 0.472 e. The van der Waals surface area contributed by atoms with E-state index in [0.29, 0.717) is 12.8 Å². The fraction of sp³-hybridized carbons (Fsp3) is 0.621. The molecule has 1 aromatic rings. The van der Waals surface area contributed by atoms with Gasteiger partial charge in [0.2, 0.25) is 6.10 Å². The van der Waals surface area contributed by atoms with Crippen LogP contribution in [-0.4, -0.2) is 42.7 Å². The summed E-state index contributed by atoms with van der Waals surface area (Å²) in [5, 5.41) is 0. The summed E-state index contributed by atoms with van der Waals surface area (Å²) in [6, 6.07) is 1.79. The molecule has 9 heteroatoms. The number of allylic oxidation sites excluding steroid dienone is 2. The molecule has 2 saturated carbocycles. The Morgan fingerprint density at radius 1 is 1.08 bits per heavy atom. The molecule has 2 heterocycles. The van der Waals surface area contributed by atoms with Crippen LogP contribution in [0.2, 0.25) is 0 Å². The normalized spacial score (nSPS) is 38.2. The number of cyclic esters (lactones) is 1. The molecule has 2 bridgehead atoms. The lowest BCUT2D eigenvalue weighted by atomic mass is 9.40. The van der Waals surface area contributed by atoms with Crippen LogP contribution in [-0.2, 0) is 38.2 Å². The summed E-state index contributed by atoms with van der Waals surface area (Å²) in [6.07, 6.45) is 4.24. The first kappa shape index (κ1) is 26.4. The summed E-state index contributed by atoms with van der Waals surface area (Å²) < 4.78 is 21.6. The molecule has 5 rings (SSSR count). The Morgan fingerprint density at radius 2 is 1.79 bits per heavy atom. The Kier molecular flexibility index (Phi) is 6.00. The lowest BCUT2D eigenvalue weighted by Crippen LogP contribution is -2.68. The van der Waals surface area contributed by atoms with Gasteiger partial charge < -0.3 is 18.6 Å². The summed E-state index contributed by atoms with van der Waals surface area (Å²) in [7, 11) is 1.19. The van der Waals surface area contributed by atoms with Gasteiger partial charge in [-0.05, 0) is 30.7 Å². The maximum absolute atomic E-state index is 14.1. The van der Waals surface area contributed by atoms with Crippen molar-refractivity contribution in [2.75, 3.05) is 7.11 Å². The van der Waals surface area contributed by atoms with E-state index in [1.165, 1.54) is 14.0 Å². The Labute approximate surface area is 221 Å². The first-order valence-corrected chi connectivity index (χ1v) is 13.0. The minimum absolute atomic E-state index is 0.122. The van der Waals surface area contributed by atoms with Gasteiger partial charge >= 0.3 is 17.9 Å². The predicted octanol–water partition coefficient (Wildman–Crippen LogP) is 3.76. The third-order valence-electron chi connectivity index (χ3n) is 9.90. The summed E-state index contributed by atoms with van der Waals surface area (Å²) in [5.74, 6) is -5.11. The average molecular weight is 527 g/mol. The topological polar surface area (TPSA) is 126 Å². The molecule has 204 valence electrons. The van der Waals surface area contributed by atoms with Gasteiger partial charge in [-0.25, -0.2) is 4.79 Å². The van der Waals surface area contributed by atoms with Crippen LogP contribution in [0.3, 0.4) is 0 Å². The summed E-state index contributed by atoms with van der Waals surface area (Å²) in [6.45, 7) is 8.45. The number of methoxy groups -OCH3 is 1. The summed E-state index contributed by atoms with van der Waals surface area (Å²) in [5.41, 5.74) is -1.24. The third kappa shape index (κ3) is 3.46. The monoisotopic (exact) mass is 526 g/mol. The zero-order valence-corrected chi connectivity index (χ0v) is 22.6. The minimum atomic E-state index is -1.44. The van der Waals surface area contributed by atoms with E-state index in [4.69, 9.17) is 18.6 Å². The molecule has 0 amide bonds. The second-order valence-corrected chi connectivity index (χ2v) is 12.2. The van der Waals surface area contributed by atoms with Crippen molar-refractivity contribution in [3.8, 4) is 0 Å². The van der Waals surface area contributed by atoms with Crippen molar-refractivity contribution >= 4 is 29.5 Å². The highest BCUT2D eigenvalue weighted by Gasteiger charge is 2.70. The molecule has 0 radical (unpaired) electrons. The standard InChI is InChI=1S/C29H34O9/c1-14(30)37-21(26(34)35-6)22-27(2,3)23(32)17-11-16-18(29(22,5)24(17)33)7-9-28(4)19(16)12-20(31)38-25(28)15-8-10-36-13-15/h8,10-11,13,17-19,21-22,25H,7,9,12H2,1-6H3/t17-,18-,19-,21-,22-,25-,28+,29+/m0/s1. The van der Waals surface area contributed by atoms with Crippen molar-refractivity contribution in [1.29, 1.82) is 0 Å². The number of carbonyl (C=O) groups excluding carboxylic acids is 5. The quantitative estimate of drug-likeness (QED) is 0.249. The SMILES string of the molecule is COC(=O)[C@@H](OC(C)=O)[C@H]1C(C)(C)C(=O)[C@@H]2C=C3[C@@H]4CC(=O)O[C@@H](c5ccoc5)[C@]4(C)CC[C@@H]3[C@@]1(C)C2=O. The van der Waals surface area contributed by atoms with Crippen LogP contribution in [0.5, 0.6) is 0 Å². The van der Waals surface area contributed by atoms with Crippen molar-refractivity contribution in [3.63, 3.8) is 0 Å². The summed E-state index contributed by atoms with van der Waals surface area (Å²) >= 11 is 0. The molecular weight excluding hydrogens is 492 g/mol. The molecule has 38 heavy (non-hydrogen) atoms. The minimum Gasteiger partial charge on any atom is -0.472 e. The fourth-order valence-corrected chi connectivity index (χ4v) is 8.20. The van der Waals surface area contributed by atoms with Gasteiger partial charge in [0.1, 0.15) is 6.10 Å². The van der Waals surface area contributed by atoms with Gasteiger partial charge in [0.15, 0.2) is 11.6 Å². The van der Waals surface area contributed by atoms with Crippen LogP contribution in [0.15, 0.2) is 34.7 Å². The third-order valence-corrected chi connectivity index (χ3v) is 9.90. The van der Waals surface area contributed by atoms with Crippen LogP contribution in [0.1, 0.15) is 65.5 Å². The number of rotatable bonds is 4. The number of carbonyl (C=O) groups is 5. The molecule has 3 fully saturated rings. The fourth-order valence-electron chi connectivity index (χ4n) is 8.20. The molecule has 0 spiro atoms. The van der Waals surface area contributed by atoms with E-state index in [1.807, 2.05) is 0 Å². The van der Waals surface area contributed by atoms with Gasteiger partial charge in [-0.2, -0.15) is 0 Å². The van der Waals surface area contributed by atoms with E-state index < -0.39 is 52.2 Å². The molecule has 1 aromatic heterocycles. The number of esters is 3. The first-order valence-electron chi connectivity index (χ1n) is 13.0. The lowest BCUT2D eigenvalue weighted by Gasteiger charge is -2.62. The van der Waals surface area contributed by atoms with Gasteiger partial charge in [-0.3, -0.25) is 19.2 Å². The smallest absolute Gasteiger partial charge is 0.347 e. The molecule has 0 N–H and O–H groups in total. The van der Waals surface area contributed by atoms with Crippen LogP contribution in [0, 0.1) is 39.9 Å². The second-order valence-electron chi connectivity index (χ2n) is 12.2. The molecule has 9 nitrogen and oxygen atoms in total. The number of furan rings is 1. The van der Waals surface area contributed by atoms with Gasteiger partial charge in [0, 0.05) is 34.7 Å². The zero-order valence-electron chi connectivity index (χ0n) is 22.6. The lowest BCUT2D eigenvalue weighted by molar-refractivity contribution is -0.196. The maximum atomic E-state index is 14.1. The highest BCUT2D eigenvalue weighted by atomic mass is 16.6. The first-order chi connectivity index (χ1) is 17.8. The summed E-state index contributed by atoms with van der Waals surface area (Å²) in [4.78, 5) is 66.0. The maximum Gasteiger partial charge on any atom is 0.347 e. The average Bonchev–Trinajstić information content (AvgIpc) is 3.38. The zero-order chi connectivity index (χ0) is 27.8. The van der Waals surface area contributed by atoms with Crippen molar-refractivity contribution in [1.82, 2.24) is 0 Å². The predicted molar refractivity (Wildman–Crippen MR) is 131 cm³/mol. The van der Waals surface area contributed by atoms with Gasteiger partial charge in [-0.1, -0.05) is 39.3 Å². The molecule has 8 atom stereocenters.